The molecule has 0 aliphatic carbocycles. The quantitative estimate of drug-likeness (QED) is 0.537. The molecule has 13 heavy (non-hydrogen) atoms. The van der Waals surface area contributed by atoms with E-state index in [4.69, 9.17) is 5.11 Å². The van der Waals surface area contributed by atoms with Gasteiger partial charge in [0, 0.05) is 6.54 Å². The molecular weight excluding hydrogens is 168 g/mol. The number of hydrogen-bond acceptors (Lipinski definition) is 3. The number of carbonyl (C=O) groups is 1. The number of carboxylic acids is 1. The SMILES string of the molecule is C=CCNC1(C(=O)O)CCNCC1. The van der Waals surface area contributed by atoms with Crippen molar-refractivity contribution in [3.8, 4) is 0 Å². The zero-order chi connectivity index (χ0) is 9.73. The van der Waals surface area contributed by atoms with E-state index in [2.05, 4.69) is 17.2 Å². The van der Waals surface area contributed by atoms with Crippen LogP contribution in [-0.4, -0.2) is 36.2 Å². The summed E-state index contributed by atoms with van der Waals surface area (Å²) in [7, 11) is 0. The first-order valence-electron chi connectivity index (χ1n) is 4.51. The van der Waals surface area contributed by atoms with E-state index in [-0.39, 0.29) is 0 Å². The second-order valence-electron chi connectivity index (χ2n) is 3.31. The molecule has 0 aromatic rings. The lowest BCUT2D eigenvalue weighted by molar-refractivity contribution is -0.146. The smallest absolute Gasteiger partial charge is 0.324 e. The van der Waals surface area contributed by atoms with Crippen LogP contribution in [-0.2, 0) is 4.79 Å². The average molecular weight is 184 g/mol. The lowest BCUT2D eigenvalue weighted by Gasteiger charge is -2.34. The number of carboxylic acid groups (broad SMARTS) is 1. The number of rotatable bonds is 4. The Hall–Kier alpha value is -0.870. The van der Waals surface area contributed by atoms with Gasteiger partial charge in [0.1, 0.15) is 5.54 Å². The fourth-order valence-corrected chi connectivity index (χ4v) is 1.59. The molecule has 1 aliphatic heterocycles. The molecule has 3 N–H and O–H groups in total. The van der Waals surface area contributed by atoms with E-state index >= 15 is 0 Å². The summed E-state index contributed by atoms with van der Waals surface area (Å²) in [5, 5.41) is 15.3. The largest absolute Gasteiger partial charge is 0.480 e. The monoisotopic (exact) mass is 184 g/mol. The van der Waals surface area contributed by atoms with Gasteiger partial charge in [-0.05, 0) is 25.9 Å². The Morgan fingerprint density at radius 2 is 2.23 bits per heavy atom. The van der Waals surface area contributed by atoms with Crippen molar-refractivity contribution in [2.45, 2.75) is 18.4 Å². The molecule has 4 heteroatoms. The molecule has 4 nitrogen and oxygen atoms in total. The minimum Gasteiger partial charge on any atom is -0.480 e. The summed E-state index contributed by atoms with van der Waals surface area (Å²) in [5.41, 5.74) is -0.737. The van der Waals surface area contributed by atoms with Gasteiger partial charge in [-0.2, -0.15) is 0 Å². The molecule has 0 aromatic heterocycles. The van der Waals surface area contributed by atoms with Crippen LogP contribution in [0.2, 0.25) is 0 Å². The molecule has 1 fully saturated rings. The van der Waals surface area contributed by atoms with Crippen molar-refractivity contribution in [2.75, 3.05) is 19.6 Å². The van der Waals surface area contributed by atoms with Gasteiger partial charge in [0.2, 0.25) is 0 Å². The third-order valence-electron chi connectivity index (χ3n) is 2.45. The lowest BCUT2D eigenvalue weighted by atomic mass is 9.88. The van der Waals surface area contributed by atoms with Gasteiger partial charge in [-0.25, -0.2) is 0 Å². The Labute approximate surface area is 78.0 Å². The van der Waals surface area contributed by atoms with Crippen LogP contribution in [0.3, 0.4) is 0 Å². The molecule has 0 amide bonds. The maximum absolute atomic E-state index is 11.1. The average Bonchev–Trinajstić information content (AvgIpc) is 2.16. The summed E-state index contributed by atoms with van der Waals surface area (Å²) in [6.07, 6.45) is 2.96. The van der Waals surface area contributed by atoms with Crippen LogP contribution in [0.5, 0.6) is 0 Å². The van der Waals surface area contributed by atoms with E-state index in [0.29, 0.717) is 19.4 Å². The molecule has 1 aliphatic rings. The molecule has 1 rings (SSSR count). The Bertz CT molecular complexity index is 198. The molecule has 0 bridgehead atoms. The first-order chi connectivity index (χ1) is 6.21. The van der Waals surface area contributed by atoms with Gasteiger partial charge in [-0.3, -0.25) is 10.1 Å². The van der Waals surface area contributed by atoms with Crippen LogP contribution in [0, 0.1) is 0 Å². The molecule has 1 heterocycles. The van der Waals surface area contributed by atoms with Gasteiger partial charge in [0.25, 0.3) is 0 Å². The third kappa shape index (κ3) is 2.29. The standard InChI is InChI=1S/C9H16N2O2/c1-2-5-11-9(8(12)13)3-6-10-7-4-9/h2,10-11H,1,3-7H2,(H,12,13). The number of piperidine rings is 1. The molecule has 0 unspecified atom stereocenters. The maximum Gasteiger partial charge on any atom is 0.324 e. The molecule has 1 saturated heterocycles. The fraction of sp³-hybridized carbons (Fsp3) is 0.667. The Kier molecular flexibility index (Phi) is 3.45. The minimum atomic E-state index is -0.754. The number of hydrogen-bond donors (Lipinski definition) is 3. The number of nitrogens with one attached hydrogen (secondary N) is 2. The van der Waals surface area contributed by atoms with Crippen LogP contribution in [0.1, 0.15) is 12.8 Å². The zero-order valence-electron chi connectivity index (χ0n) is 7.68. The molecule has 0 spiro atoms. The highest BCUT2D eigenvalue weighted by atomic mass is 16.4. The van der Waals surface area contributed by atoms with E-state index in [9.17, 15) is 4.79 Å². The summed E-state index contributed by atoms with van der Waals surface area (Å²) < 4.78 is 0. The van der Waals surface area contributed by atoms with E-state index in [0.717, 1.165) is 13.1 Å². The van der Waals surface area contributed by atoms with Crippen molar-refractivity contribution in [1.82, 2.24) is 10.6 Å². The molecule has 0 atom stereocenters. The summed E-state index contributed by atoms with van der Waals surface area (Å²) in [5.74, 6) is -0.754. The maximum atomic E-state index is 11.1. The van der Waals surface area contributed by atoms with Crippen LogP contribution in [0.4, 0.5) is 0 Å². The van der Waals surface area contributed by atoms with E-state index in [1.54, 1.807) is 6.08 Å². The van der Waals surface area contributed by atoms with Gasteiger partial charge >= 0.3 is 5.97 Å². The number of aliphatic carboxylic acids is 1. The van der Waals surface area contributed by atoms with Gasteiger partial charge in [-0.1, -0.05) is 6.08 Å². The van der Waals surface area contributed by atoms with Crippen LogP contribution in [0.25, 0.3) is 0 Å². The topological polar surface area (TPSA) is 61.4 Å². The van der Waals surface area contributed by atoms with Crippen molar-refractivity contribution in [1.29, 1.82) is 0 Å². The Morgan fingerprint density at radius 3 is 2.69 bits per heavy atom. The van der Waals surface area contributed by atoms with Crippen molar-refractivity contribution in [2.24, 2.45) is 0 Å². The second kappa shape index (κ2) is 4.39. The molecule has 0 saturated carbocycles. The molecular formula is C9H16N2O2. The molecule has 0 aromatic carbocycles. The van der Waals surface area contributed by atoms with Crippen molar-refractivity contribution >= 4 is 5.97 Å². The van der Waals surface area contributed by atoms with Gasteiger partial charge in [0.15, 0.2) is 0 Å². The van der Waals surface area contributed by atoms with Gasteiger partial charge < -0.3 is 10.4 Å². The first-order valence-corrected chi connectivity index (χ1v) is 4.51. The third-order valence-corrected chi connectivity index (χ3v) is 2.45. The van der Waals surface area contributed by atoms with Crippen molar-refractivity contribution in [3.05, 3.63) is 12.7 Å². The first kappa shape index (κ1) is 10.2. The summed E-state index contributed by atoms with van der Waals surface area (Å²) in [4.78, 5) is 11.1. The van der Waals surface area contributed by atoms with Crippen LogP contribution >= 0.6 is 0 Å². The highest BCUT2D eigenvalue weighted by Gasteiger charge is 2.38. The second-order valence-corrected chi connectivity index (χ2v) is 3.31. The lowest BCUT2D eigenvalue weighted by Crippen LogP contribution is -2.57. The van der Waals surface area contributed by atoms with E-state index in [1.165, 1.54) is 0 Å². The fourth-order valence-electron chi connectivity index (χ4n) is 1.59. The highest BCUT2D eigenvalue weighted by Crippen LogP contribution is 2.18. The van der Waals surface area contributed by atoms with Gasteiger partial charge in [-0.15, -0.1) is 6.58 Å². The highest BCUT2D eigenvalue weighted by molar-refractivity contribution is 5.79. The van der Waals surface area contributed by atoms with E-state index in [1.807, 2.05) is 0 Å². The predicted molar refractivity (Wildman–Crippen MR) is 50.7 cm³/mol. The van der Waals surface area contributed by atoms with Gasteiger partial charge in [0.05, 0.1) is 0 Å². The predicted octanol–water partition coefficient (Wildman–Crippen LogP) is -0.0312. The summed E-state index contributed by atoms with van der Waals surface area (Å²) >= 11 is 0. The Balaban J connectivity index is 2.61. The van der Waals surface area contributed by atoms with Crippen molar-refractivity contribution in [3.63, 3.8) is 0 Å². The minimum absolute atomic E-state index is 0.548. The van der Waals surface area contributed by atoms with Crippen LogP contribution in [0.15, 0.2) is 12.7 Å². The normalized spacial score (nSPS) is 20.9. The zero-order valence-corrected chi connectivity index (χ0v) is 7.68. The Morgan fingerprint density at radius 1 is 1.62 bits per heavy atom. The molecule has 0 radical (unpaired) electrons. The summed E-state index contributed by atoms with van der Waals surface area (Å²) in [6, 6.07) is 0. The van der Waals surface area contributed by atoms with Crippen molar-refractivity contribution < 1.29 is 9.90 Å². The van der Waals surface area contributed by atoms with E-state index < -0.39 is 11.5 Å². The summed E-state index contributed by atoms with van der Waals surface area (Å²) in [6.45, 7) is 5.63. The molecule has 74 valence electrons. The van der Waals surface area contributed by atoms with Crippen LogP contribution < -0.4 is 10.6 Å².